The van der Waals surface area contributed by atoms with Gasteiger partial charge in [0.05, 0.1) is 18.3 Å². The maximum atomic E-state index is 13.3. The number of amides is 1. The monoisotopic (exact) mass is 220 g/mol. The summed E-state index contributed by atoms with van der Waals surface area (Å²) in [5, 5.41) is 0. The van der Waals surface area contributed by atoms with Gasteiger partial charge in [-0.3, -0.25) is 9.78 Å². The number of aromatic nitrogens is 1. The molecule has 84 valence electrons. The predicted molar refractivity (Wildman–Crippen MR) is 59.2 cm³/mol. The molecule has 1 amide bonds. The number of halogens is 1. The van der Waals surface area contributed by atoms with Crippen LogP contribution in [-0.2, 0) is 0 Å². The van der Waals surface area contributed by atoms with Crippen LogP contribution >= 0.6 is 0 Å². The number of hydrogen-bond acceptors (Lipinski definition) is 2. The van der Waals surface area contributed by atoms with Crippen molar-refractivity contribution >= 4 is 5.91 Å². The van der Waals surface area contributed by atoms with Crippen LogP contribution in [0, 0.1) is 18.2 Å². The maximum absolute atomic E-state index is 13.3. The Bertz CT molecular complexity index is 412. The summed E-state index contributed by atoms with van der Waals surface area (Å²) in [5.41, 5.74) is 0.0127. The Balaban J connectivity index is 2.91. The Morgan fingerprint density at radius 3 is 3.00 bits per heavy atom. The molecule has 1 heterocycles. The summed E-state index contributed by atoms with van der Waals surface area (Å²) in [6, 6.07) is 1.36. The average Bonchev–Trinajstić information content (AvgIpc) is 2.28. The van der Waals surface area contributed by atoms with Gasteiger partial charge in [-0.15, -0.1) is 6.42 Å². The highest BCUT2D eigenvalue weighted by molar-refractivity contribution is 5.94. The molecule has 0 fully saturated rings. The minimum Gasteiger partial charge on any atom is -0.327 e. The smallest absolute Gasteiger partial charge is 0.257 e. The highest BCUT2D eigenvalue weighted by Gasteiger charge is 2.17. The lowest BCUT2D eigenvalue weighted by atomic mass is 10.2. The van der Waals surface area contributed by atoms with Gasteiger partial charge in [-0.05, 0) is 12.5 Å². The van der Waals surface area contributed by atoms with Gasteiger partial charge in [-0.2, -0.15) is 0 Å². The van der Waals surface area contributed by atoms with Crippen molar-refractivity contribution < 1.29 is 9.18 Å². The summed E-state index contributed by atoms with van der Waals surface area (Å²) in [6.07, 6.45) is 8.35. The van der Waals surface area contributed by atoms with E-state index in [0.29, 0.717) is 6.54 Å². The van der Waals surface area contributed by atoms with Gasteiger partial charge in [0.25, 0.3) is 5.91 Å². The summed E-state index contributed by atoms with van der Waals surface area (Å²) in [6.45, 7) is 2.64. The second-order valence-corrected chi connectivity index (χ2v) is 3.29. The lowest BCUT2D eigenvalue weighted by Gasteiger charge is -2.19. The standard InChI is InChI=1S/C12H13FN2O/c1-3-7-15(8-4-2)12(16)10-5-6-14-9-11(10)13/h1,5-6,9H,4,7-8H2,2H3. The maximum Gasteiger partial charge on any atom is 0.257 e. The Morgan fingerprint density at radius 1 is 1.69 bits per heavy atom. The van der Waals surface area contributed by atoms with Crippen molar-refractivity contribution in [3.63, 3.8) is 0 Å². The summed E-state index contributed by atoms with van der Waals surface area (Å²) in [7, 11) is 0. The summed E-state index contributed by atoms with van der Waals surface area (Å²) in [4.78, 5) is 16.9. The molecule has 0 bridgehead atoms. The van der Waals surface area contributed by atoms with E-state index in [1.807, 2.05) is 6.92 Å². The number of carbonyl (C=O) groups excluding carboxylic acids is 1. The van der Waals surface area contributed by atoms with Crippen molar-refractivity contribution in [2.24, 2.45) is 0 Å². The summed E-state index contributed by atoms with van der Waals surface area (Å²) >= 11 is 0. The molecule has 0 spiro atoms. The number of pyridine rings is 1. The Hall–Kier alpha value is -1.89. The normalized spacial score (nSPS) is 9.56. The van der Waals surface area contributed by atoms with Crippen LogP contribution in [0.2, 0.25) is 0 Å². The molecule has 0 aliphatic rings. The Kier molecular flexibility index (Phi) is 4.46. The van der Waals surface area contributed by atoms with E-state index >= 15 is 0 Å². The molecule has 0 atom stereocenters. The molecule has 0 unspecified atom stereocenters. The van der Waals surface area contributed by atoms with Crippen LogP contribution in [0.15, 0.2) is 18.5 Å². The van der Waals surface area contributed by atoms with Crippen LogP contribution in [-0.4, -0.2) is 28.9 Å². The third kappa shape index (κ3) is 2.80. The highest BCUT2D eigenvalue weighted by Crippen LogP contribution is 2.08. The Labute approximate surface area is 94.3 Å². The van der Waals surface area contributed by atoms with E-state index in [2.05, 4.69) is 10.9 Å². The first-order valence-corrected chi connectivity index (χ1v) is 5.03. The minimum atomic E-state index is -0.620. The lowest BCUT2D eigenvalue weighted by Crippen LogP contribution is -2.32. The van der Waals surface area contributed by atoms with Gasteiger partial charge in [0.1, 0.15) is 0 Å². The number of hydrogen-bond donors (Lipinski definition) is 0. The van der Waals surface area contributed by atoms with Gasteiger partial charge in [0.15, 0.2) is 5.82 Å². The zero-order chi connectivity index (χ0) is 12.0. The lowest BCUT2D eigenvalue weighted by molar-refractivity contribution is 0.0772. The molecule has 0 aliphatic heterocycles. The molecule has 1 rings (SSSR count). The van der Waals surface area contributed by atoms with E-state index in [0.717, 1.165) is 12.6 Å². The number of nitrogens with zero attached hydrogens (tertiary/aromatic N) is 2. The zero-order valence-electron chi connectivity index (χ0n) is 9.11. The number of terminal acetylenes is 1. The molecule has 0 saturated carbocycles. The van der Waals surface area contributed by atoms with Gasteiger partial charge in [0.2, 0.25) is 0 Å². The molecule has 0 saturated heterocycles. The molecule has 1 aromatic rings. The van der Waals surface area contributed by atoms with Crippen LogP contribution < -0.4 is 0 Å². The first kappa shape index (κ1) is 12.2. The van der Waals surface area contributed by atoms with E-state index in [1.54, 1.807) is 0 Å². The van der Waals surface area contributed by atoms with E-state index in [-0.39, 0.29) is 18.0 Å². The summed E-state index contributed by atoms with van der Waals surface area (Å²) < 4.78 is 13.3. The summed E-state index contributed by atoms with van der Waals surface area (Å²) in [5.74, 6) is 1.38. The van der Waals surface area contributed by atoms with Crippen molar-refractivity contribution in [3.05, 3.63) is 29.8 Å². The first-order chi connectivity index (χ1) is 7.70. The molecule has 3 nitrogen and oxygen atoms in total. The van der Waals surface area contributed by atoms with Crippen LogP contribution in [0.25, 0.3) is 0 Å². The van der Waals surface area contributed by atoms with Gasteiger partial charge in [0, 0.05) is 12.7 Å². The molecular formula is C12H13FN2O. The SMILES string of the molecule is C#CCN(CCC)C(=O)c1ccncc1F. The van der Waals surface area contributed by atoms with Crippen molar-refractivity contribution in [1.82, 2.24) is 9.88 Å². The Morgan fingerprint density at radius 2 is 2.44 bits per heavy atom. The quantitative estimate of drug-likeness (QED) is 0.724. The average molecular weight is 220 g/mol. The van der Waals surface area contributed by atoms with Crippen molar-refractivity contribution in [1.29, 1.82) is 0 Å². The third-order valence-corrected chi connectivity index (χ3v) is 2.07. The van der Waals surface area contributed by atoms with Gasteiger partial charge in [-0.1, -0.05) is 12.8 Å². The minimum absolute atomic E-state index is 0.0127. The van der Waals surface area contributed by atoms with Crippen molar-refractivity contribution in [2.75, 3.05) is 13.1 Å². The second kappa shape index (κ2) is 5.86. The fourth-order valence-electron chi connectivity index (χ4n) is 1.35. The predicted octanol–water partition coefficient (Wildman–Crippen LogP) is 1.71. The molecule has 0 aliphatic carbocycles. The van der Waals surface area contributed by atoms with E-state index in [4.69, 9.17) is 6.42 Å². The molecule has 1 aromatic heterocycles. The number of rotatable bonds is 4. The number of carbonyl (C=O) groups is 1. The molecular weight excluding hydrogens is 207 g/mol. The zero-order valence-corrected chi connectivity index (χ0v) is 9.11. The van der Waals surface area contributed by atoms with Crippen molar-refractivity contribution in [2.45, 2.75) is 13.3 Å². The molecule has 16 heavy (non-hydrogen) atoms. The topological polar surface area (TPSA) is 33.2 Å². The van der Waals surface area contributed by atoms with Crippen LogP contribution in [0.1, 0.15) is 23.7 Å². The first-order valence-electron chi connectivity index (χ1n) is 5.03. The van der Waals surface area contributed by atoms with E-state index in [9.17, 15) is 9.18 Å². The highest BCUT2D eigenvalue weighted by atomic mass is 19.1. The van der Waals surface area contributed by atoms with Crippen LogP contribution in [0.4, 0.5) is 4.39 Å². The molecule has 0 N–H and O–H groups in total. The van der Waals surface area contributed by atoms with Crippen LogP contribution in [0.5, 0.6) is 0 Å². The molecule has 4 heteroatoms. The molecule has 0 radical (unpaired) electrons. The van der Waals surface area contributed by atoms with Crippen molar-refractivity contribution in [3.8, 4) is 12.3 Å². The van der Waals surface area contributed by atoms with Crippen LogP contribution in [0.3, 0.4) is 0 Å². The largest absolute Gasteiger partial charge is 0.327 e. The fourth-order valence-corrected chi connectivity index (χ4v) is 1.35. The van der Waals surface area contributed by atoms with Gasteiger partial charge in [-0.25, -0.2) is 4.39 Å². The van der Waals surface area contributed by atoms with E-state index in [1.165, 1.54) is 17.2 Å². The van der Waals surface area contributed by atoms with Gasteiger partial charge < -0.3 is 4.90 Å². The fraction of sp³-hybridized carbons (Fsp3) is 0.333. The van der Waals surface area contributed by atoms with E-state index < -0.39 is 5.82 Å². The van der Waals surface area contributed by atoms with Gasteiger partial charge >= 0.3 is 0 Å². The third-order valence-electron chi connectivity index (χ3n) is 2.07. The second-order valence-electron chi connectivity index (χ2n) is 3.29. The molecule has 0 aromatic carbocycles.